The number of hydrogen-bond acceptors (Lipinski definition) is 3. The third kappa shape index (κ3) is 5.94. The Morgan fingerprint density at radius 3 is 2.34 bits per heavy atom. The van der Waals surface area contributed by atoms with Crippen LogP contribution in [0.15, 0.2) is 54.6 Å². The summed E-state index contributed by atoms with van der Waals surface area (Å²) in [7, 11) is -3.09. The number of hydrogen-bond donors (Lipinski definition) is 0. The highest BCUT2D eigenvalue weighted by Crippen LogP contribution is 2.22. The number of sulfone groups is 1. The number of rotatable bonds is 6. The number of nitrogens with zero attached hydrogens (tertiary/aromatic N) is 1. The van der Waals surface area contributed by atoms with Gasteiger partial charge >= 0.3 is 0 Å². The molecule has 2 aromatic carbocycles. The molecule has 1 saturated heterocycles. The van der Waals surface area contributed by atoms with Gasteiger partial charge in [0.2, 0.25) is 5.91 Å². The van der Waals surface area contributed by atoms with E-state index >= 15 is 0 Å². The van der Waals surface area contributed by atoms with E-state index in [1.165, 1.54) is 11.6 Å². The van der Waals surface area contributed by atoms with Gasteiger partial charge in [0.1, 0.15) is 0 Å². The summed E-state index contributed by atoms with van der Waals surface area (Å²) in [5, 5.41) is 0.635. The van der Waals surface area contributed by atoms with Crippen LogP contribution in [-0.4, -0.2) is 36.8 Å². The summed E-state index contributed by atoms with van der Waals surface area (Å²) in [4.78, 5) is 14.7. The molecule has 6 heteroatoms. The van der Waals surface area contributed by atoms with Gasteiger partial charge in [-0.1, -0.05) is 61.8 Å². The van der Waals surface area contributed by atoms with Crippen molar-refractivity contribution in [2.75, 3.05) is 11.5 Å². The topological polar surface area (TPSA) is 54.5 Å². The summed E-state index contributed by atoms with van der Waals surface area (Å²) in [5.74, 6) is 0.408. The molecular formula is C23H26ClNO3S. The maximum atomic E-state index is 13.0. The maximum absolute atomic E-state index is 13.0. The molecule has 1 atom stereocenters. The predicted molar refractivity (Wildman–Crippen MR) is 119 cm³/mol. The van der Waals surface area contributed by atoms with E-state index in [-0.39, 0.29) is 23.5 Å². The van der Waals surface area contributed by atoms with Gasteiger partial charge in [-0.2, -0.15) is 0 Å². The molecule has 1 amide bonds. The Hall–Kier alpha value is -2.11. The maximum Gasteiger partial charge on any atom is 0.247 e. The number of halogens is 1. The van der Waals surface area contributed by atoms with Gasteiger partial charge in [0, 0.05) is 23.7 Å². The number of carbonyl (C=O) groups excluding carboxylic acids is 1. The molecule has 0 N–H and O–H groups in total. The second-order valence-corrected chi connectivity index (χ2v) is 10.5. The van der Waals surface area contributed by atoms with Gasteiger partial charge in [0.25, 0.3) is 0 Å². The molecule has 0 aliphatic carbocycles. The largest absolute Gasteiger partial charge is 0.331 e. The molecule has 0 radical (unpaired) electrons. The van der Waals surface area contributed by atoms with E-state index in [0.29, 0.717) is 23.9 Å². The Morgan fingerprint density at radius 2 is 1.79 bits per heavy atom. The minimum Gasteiger partial charge on any atom is -0.331 e. The van der Waals surface area contributed by atoms with Gasteiger partial charge in [-0.15, -0.1) is 0 Å². The smallest absolute Gasteiger partial charge is 0.247 e. The molecule has 0 spiro atoms. The van der Waals surface area contributed by atoms with Gasteiger partial charge in [-0.25, -0.2) is 8.42 Å². The number of carbonyl (C=O) groups is 1. The quantitative estimate of drug-likeness (QED) is 0.623. The second-order valence-electron chi connectivity index (χ2n) is 7.80. The molecule has 154 valence electrons. The standard InChI is InChI=1S/C23H26ClNO3S/c1-17(2)20-8-3-19(4-9-20)15-25(22-13-14-29(27,28)16-22)23(26)12-7-18-5-10-21(24)11-6-18/h3-12,17,22H,13-16H2,1-2H3/b12-7+/t22-/m0/s1. The van der Waals surface area contributed by atoms with Crippen molar-refractivity contribution >= 4 is 33.4 Å². The van der Waals surface area contributed by atoms with Crippen LogP contribution in [0.25, 0.3) is 6.08 Å². The van der Waals surface area contributed by atoms with Crippen molar-refractivity contribution in [3.05, 3.63) is 76.3 Å². The van der Waals surface area contributed by atoms with Gasteiger partial charge in [-0.05, 0) is 47.2 Å². The molecule has 1 aliphatic rings. The average Bonchev–Trinajstić information content (AvgIpc) is 3.05. The molecule has 2 aromatic rings. The lowest BCUT2D eigenvalue weighted by Crippen LogP contribution is -2.39. The molecule has 1 fully saturated rings. The summed E-state index contributed by atoms with van der Waals surface area (Å²) in [5.41, 5.74) is 3.09. The van der Waals surface area contributed by atoms with Crippen LogP contribution in [0.5, 0.6) is 0 Å². The Labute approximate surface area is 178 Å². The Bertz CT molecular complexity index is 980. The fourth-order valence-electron chi connectivity index (χ4n) is 3.45. The minimum absolute atomic E-state index is 0.0254. The molecule has 29 heavy (non-hydrogen) atoms. The van der Waals surface area contributed by atoms with Crippen LogP contribution in [0.1, 0.15) is 42.9 Å². The highest BCUT2D eigenvalue weighted by Gasteiger charge is 2.34. The third-order valence-corrected chi connectivity index (χ3v) is 7.22. The summed E-state index contributed by atoms with van der Waals surface area (Å²) in [6.07, 6.45) is 3.72. The van der Waals surface area contributed by atoms with Crippen LogP contribution in [0.4, 0.5) is 0 Å². The summed E-state index contributed by atoms with van der Waals surface area (Å²) in [6.45, 7) is 4.66. The monoisotopic (exact) mass is 431 g/mol. The zero-order valence-corrected chi connectivity index (χ0v) is 18.3. The number of benzene rings is 2. The van der Waals surface area contributed by atoms with E-state index in [1.54, 1.807) is 23.1 Å². The van der Waals surface area contributed by atoms with Crippen molar-refractivity contribution in [1.82, 2.24) is 4.90 Å². The Morgan fingerprint density at radius 1 is 1.14 bits per heavy atom. The van der Waals surface area contributed by atoms with Crippen molar-refractivity contribution in [2.45, 2.75) is 38.8 Å². The highest BCUT2D eigenvalue weighted by atomic mass is 35.5. The lowest BCUT2D eigenvalue weighted by atomic mass is 10.0. The van der Waals surface area contributed by atoms with E-state index in [1.807, 2.05) is 24.3 Å². The van der Waals surface area contributed by atoms with Crippen molar-refractivity contribution in [1.29, 1.82) is 0 Å². The van der Waals surface area contributed by atoms with Gasteiger partial charge in [-0.3, -0.25) is 4.79 Å². The van der Waals surface area contributed by atoms with E-state index < -0.39 is 9.84 Å². The van der Waals surface area contributed by atoms with Crippen LogP contribution >= 0.6 is 11.6 Å². The summed E-state index contributed by atoms with van der Waals surface area (Å²) in [6, 6.07) is 15.1. The first-order chi connectivity index (χ1) is 13.7. The lowest BCUT2D eigenvalue weighted by Gasteiger charge is -2.27. The molecule has 0 aromatic heterocycles. The fraction of sp³-hybridized carbons (Fsp3) is 0.348. The first-order valence-electron chi connectivity index (χ1n) is 9.77. The van der Waals surface area contributed by atoms with Gasteiger partial charge in [0.05, 0.1) is 11.5 Å². The van der Waals surface area contributed by atoms with E-state index in [9.17, 15) is 13.2 Å². The van der Waals surface area contributed by atoms with Gasteiger partial charge in [0.15, 0.2) is 9.84 Å². The van der Waals surface area contributed by atoms with E-state index in [0.717, 1.165) is 11.1 Å². The van der Waals surface area contributed by atoms with Crippen molar-refractivity contribution in [3.8, 4) is 0 Å². The molecule has 1 heterocycles. The molecule has 0 bridgehead atoms. The average molecular weight is 432 g/mol. The summed E-state index contributed by atoms with van der Waals surface area (Å²) >= 11 is 5.90. The fourth-order valence-corrected chi connectivity index (χ4v) is 5.31. The normalized spacial score (nSPS) is 18.4. The van der Waals surface area contributed by atoms with E-state index in [4.69, 9.17) is 11.6 Å². The zero-order valence-electron chi connectivity index (χ0n) is 16.7. The first kappa shape index (κ1) is 21.6. The van der Waals surface area contributed by atoms with Crippen LogP contribution in [0.3, 0.4) is 0 Å². The van der Waals surface area contributed by atoms with Crippen LogP contribution in [0.2, 0.25) is 5.02 Å². The molecule has 0 unspecified atom stereocenters. The number of amides is 1. The lowest BCUT2D eigenvalue weighted by molar-refractivity contribution is -0.128. The third-order valence-electron chi connectivity index (χ3n) is 5.22. The van der Waals surface area contributed by atoms with Crippen molar-refractivity contribution in [3.63, 3.8) is 0 Å². The van der Waals surface area contributed by atoms with E-state index in [2.05, 4.69) is 26.0 Å². The highest BCUT2D eigenvalue weighted by molar-refractivity contribution is 7.91. The Kier molecular flexibility index (Phi) is 6.81. The minimum atomic E-state index is -3.09. The Balaban J connectivity index is 1.80. The van der Waals surface area contributed by atoms with Gasteiger partial charge < -0.3 is 4.90 Å². The zero-order chi connectivity index (χ0) is 21.0. The van der Waals surface area contributed by atoms with Crippen LogP contribution < -0.4 is 0 Å². The SMILES string of the molecule is CC(C)c1ccc(CN(C(=O)/C=C/c2ccc(Cl)cc2)[C@H]2CCS(=O)(=O)C2)cc1. The molecular weight excluding hydrogens is 406 g/mol. The molecule has 1 aliphatic heterocycles. The van der Waals surface area contributed by atoms with Crippen molar-refractivity contribution in [2.24, 2.45) is 0 Å². The van der Waals surface area contributed by atoms with Crippen LogP contribution in [0, 0.1) is 0 Å². The van der Waals surface area contributed by atoms with Crippen molar-refractivity contribution < 1.29 is 13.2 Å². The second kappa shape index (κ2) is 9.14. The van der Waals surface area contributed by atoms with Crippen LogP contribution in [-0.2, 0) is 21.2 Å². The predicted octanol–water partition coefficient (Wildman–Crippen LogP) is 4.69. The first-order valence-corrected chi connectivity index (χ1v) is 12.0. The molecule has 4 nitrogen and oxygen atoms in total. The summed E-state index contributed by atoms with van der Waals surface area (Å²) < 4.78 is 24.0. The molecule has 0 saturated carbocycles. The molecule has 3 rings (SSSR count).